The highest BCUT2D eigenvalue weighted by atomic mass is 14.9. The van der Waals surface area contributed by atoms with Crippen LogP contribution in [0.4, 0.5) is 0 Å². The maximum atomic E-state index is 3.43. The Labute approximate surface area is 58.8 Å². The normalized spacial score (nSPS) is 13.7. The van der Waals surface area contributed by atoms with Gasteiger partial charge < -0.3 is 5.32 Å². The number of rotatable bonds is 5. The van der Waals surface area contributed by atoms with Gasteiger partial charge in [0, 0.05) is 6.04 Å². The standard InChI is InChI=1S/C8H19N/c1-4-6-7-9-8(3)5-2/h8-9H,4-7H2,1-3H3/t8-/m1/s1. The van der Waals surface area contributed by atoms with Crippen LogP contribution in [-0.4, -0.2) is 12.6 Å². The second-order valence-electron chi connectivity index (χ2n) is 2.62. The van der Waals surface area contributed by atoms with Gasteiger partial charge in [-0.2, -0.15) is 0 Å². The van der Waals surface area contributed by atoms with Gasteiger partial charge in [0.1, 0.15) is 0 Å². The maximum absolute atomic E-state index is 3.43. The van der Waals surface area contributed by atoms with E-state index in [0.29, 0.717) is 6.04 Å². The quantitative estimate of drug-likeness (QED) is 0.561. The van der Waals surface area contributed by atoms with Gasteiger partial charge in [0.25, 0.3) is 0 Å². The van der Waals surface area contributed by atoms with Gasteiger partial charge in [-0.3, -0.25) is 0 Å². The molecule has 0 aliphatic rings. The fraction of sp³-hybridized carbons (Fsp3) is 1.00. The molecule has 9 heavy (non-hydrogen) atoms. The van der Waals surface area contributed by atoms with Crippen molar-refractivity contribution in [2.45, 2.75) is 46.1 Å². The van der Waals surface area contributed by atoms with Gasteiger partial charge in [-0.05, 0) is 26.3 Å². The monoisotopic (exact) mass is 129 g/mol. The minimum absolute atomic E-state index is 0.705. The van der Waals surface area contributed by atoms with Gasteiger partial charge in [-0.1, -0.05) is 20.3 Å². The molecule has 0 saturated heterocycles. The maximum Gasteiger partial charge on any atom is 0.00360 e. The van der Waals surface area contributed by atoms with Crippen molar-refractivity contribution < 1.29 is 0 Å². The van der Waals surface area contributed by atoms with Gasteiger partial charge in [-0.25, -0.2) is 0 Å². The summed E-state index contributed by atoms with van der Waals surface area (Å²) >= 11 is 0. The third kappa shape index (κ3) is 5.84. The number of unbranched alkanes of at least 4 members (excludes halogenated alkanes) is 1. The Morgan fingerprint density at radius 3 is 2.44 bits per heavy atom. The molecule has 0 heterocycles. The molecule has 1 nitrogen and oxygen atoms in total. The van der Waals surface area contributed by atoms with Crippen LogP contribution in [0.3, 0.4) is 0 Å². The van der Waals surface area contributed by atoms with E-state index < -0.39 is 0 Å². The van der Waals surface area contributed by atoms with E-state index in [2.05, 4.69) is 26.1 Å². The fourth-order valence-corrected chi connectivity index (χ4v) is 0.670. The Kier molecular flexibility index (Phi) is 6.06. The highest BCUT2D eigenvalue weighted by molar-refractivity contribution is 4.55. The zero-order chi connectivity index (χ0) is 7.11. The van der Waals surface area contributed by atoms with E-state index in [-0.39, 0.29) is 0 Å². The smallest absolute Gasteiger partial charge is 0.00360 e. The summed E-state index contributed by atoms with van der Waals surface area (Å²) < 4.78 is 0. The summed E-state index contributed by atoms with van der Waals surface area (Å²) in [5, 5.41) is 3.43. The summed E-state index contributed by atoms with van der Waals surface area (Å²) in [6, 6.07) is 0.705. The molecule has 0 aliphatic carbocycles. The molecule has 0 rings (SSSR count). The molecule has 0 saturated carbocycles. The largest absolute Gasteiger partial charge is 0.314 e. The SMILES string of the molecule is CCCCN[C@H](C)CC. The molecule has 0 aromatic heterocycles. The van der Waals surface area contributed by atoms with Crippen LogP contribution in [0.15, 0.2) is 0 Å². The van der Waals surface area contributed by atoms with Gasteiger partial charge in [0.2, 0.25) is 0 Å². The number of hydrogen-bond donors (Lipinski definition) is 1. The third-order valence-corrected chi connectivity index (χ3v) is 1.64. The molecule has 0 aromatic carbocycles. The minimum atomic E-state index is 0.705. The van der Waals surface area contributed by atoms with Crippen molar-refractivity contribution in [3.63, 3.8) is 0 Å². The van der Waals surface area contributed by atoms with Crippen molar-refractivity contribution >= 4 is 0 Å². The van der Waals surface area contributed by atoms with E-state index >= 15 is 0 Å². The van der Waals surface area contributed by atoms with Crippen molar-refractivity contribution in [1.82, 2.24) is 5.32 Å². The van der Waals surface area contributed by atoms with Gasteiger partial charge >= 0.3 is 0 Å². The second-order valence-corrected chi connectivity index (χ2v) is 2.62. The first-order valence-electron chi connectivity index (χ1n) is 4.04. The molecule has 0 spiro atoms. The number of hydrogen-bond acceptors (Lipinski definition) is 1. The molecular weight excluding hydrogens is 110 g/mol. The Morgan fingerprint density at radius 1 is 1.33 bits per heavy atom. The lowest BCUT2D eigenvalue weighted by Crippen LogP contribution is -2.25. The molecule has 1 heteroatoms. The van der Waals surface area contributed by atoms with E-state index in [1.54, 1.807) is 0 Å². The topological polar surface area (TPSA) is 12.0 Å². The van der Waals surface area contributed by atoms with E-state index in [0.717, 1.165) is 0 Å². The van der Waals surface area contributed by atoms with Crippen molar-refractivity contribution in [2.75, 3.05) is 6.54 Å². The molecule has 1 atom stereocenters. The first kappa shape index (κ1) is 8.96. The Morgan fingerprint density at radius 2 is 2.00 bits per heavy atom. The highest BCUT2D eigenvalue weighted by Gasteiger charge is 1.93. The number of nitrogens with one attached hydrogen (secondary N) is 1. The predicted molar refractivity (Wildman–Crippen MR) is 42.7 cm³/mol. The predicted octanol–water partition coefficient (Wildman–Crippen LogP) is 2.17. The first-order chi connectivity index (χ1) is 4.31. The molecule has 0 radical (unpaired) electrons. The van der Waals surface area contributed by atoms with Crippen LogP contribution in [0.25, 0.3) is 0 Å². The summed E-state index contributed by atoms with van der Waals surface area (Å²) in [6.45, 7) is 7.85. The second kappa shape index (κ2) is 6.09. The molecule has 0 bridgehead atoms. The average Bonchev–Trinajstić information content (AvgIpc) is 1.89. The molecule has 0 aromatic rings. The molecule has 0 unspecified atom stereocenters. The van der Waals surface area contributed by atoms with Crippen LogP contribution in [0.2, 0.25) is 0 Å². The zero-order valence-electron chi connectivity index (χ0n) is 6.91. The highest BCUT2D eigenvalue weighted by Crippen LogP contribution is 1.89. The van der Waals surface area contributed by atoms with E-state index in [9.17, 15) is 0 Å². The van der Waals surface area contributed by atoms with Crippen LogP contribution < -0.4 is 5.32 Å². The Balaban J connectivity index is 2.88. The van der Waals surface area contributed by atoms with Gasteiger partial charge in [-0.15, -0.1) is 0 Å². The Bertz CT molecular complexity index is 52.5. The summed E-state index contributed by atoms with van der Waals surface area (Å²) in [4.78, 5) is 0. The average molecular weight is 129 g/mol. The summed E-state index contributed by atoms with van der Waals surface area (Å²) in [5.74, 6) is 0. The van der Waals surface area contributed by atoms with Crippen LogP contribution in [0.5, 0.6) is 0 Å². The third-order valence-electron chi connectivity index (χ3n) is 1.64. The summed E-state index contributed by atoms with van der Waals surface area (Å²) in [7, 11) is 0. The molecular formula is C8H19N. The van der Waals surface area contributed by atoms with Crippen molar-refractivity contribution in [3.05, 3.63) is 0 Å². The zero-order valence-corrected chi connectivity index (χ0v) is 6.91. The van der Waals surface area contributed by atoms with Crippen molar-refractivity contribution in [1.29, 1.82) is 0 Å². The lowest BCUT2D eigenvalue weighted by atomic mass is 10.2. The van der Waals surface area contributed by atoms with E-state index in [1.165, 1.54) is 25.8 Å². The lowest BCUT2D eigenvalue weighted by molar-refractivity contribution is 0.521. The molecule has 0 fully saturated rings. The van der Waals surface area contributed by atoms with Gasteiger partial charge in [0.05, 0.1) is 0 Å². The fourth-order valence-electron chi connectivity index (χ4n) is 0.670. The van der Waals surface area contributed by atoms with Crippen LogP contribution in [0.1, 0.15) is 40.0 Å². The van der Waals surface area contributed by atoms with Crippen LogP contribution in [-0.2, 0) is 0 Å². The van der Waals surface area contributed by atoms with Crippen LogP contribution >= 0.6 is 0 Å². The lowest BCUT2D eigenvalue weighted by Gasteiger charge is -2.09. The molecule has 0 aliphatic heterocycles. The minimum Gasteiger partial charge on any atom is -0.314 e. The van der Waals surface area contributed by atoms with E-state index in [4.69, 9.17) is 0 Å². The Hall–Kier alpha value is -0.0400. The van der Waals surface area contributed by atoms with Crippen molar-refractivity contribution in [3.8, 4) is 0 Å². The van der Waals surface area contributed by atoms with Crippen molar-refractivity contribution in [2.24, 2.45) is 0 Å². The molecule has 0 amide bonds. The van der Waals surface area contributed by atoms with Crippen LogP contribution in [0, 0.1) is 0 Å². The first-order valence-corrected chi connectivity index (χ1v) is 4.04. The van der Waals surface area contributed by atoms with Gasteiger partial charge in [0.15, 0.2) is 0 Å². The van der Waals surface area contributed by atoms with E-state index in [1.807, 2.05) is 0 Å². The summed E-state index contributed by atoms with van der Waals surface area (Å²) in [5.41, 5.74) is 0. The molecule has 56 valence electrons. The summed E-state index contributed by atoms with van der Waals surface area (Å²) in [6.07, 6.45) is 3.84. The molecule has 1 N–H and O–H groups in total.